The summed E-state index contributed by atoms with van der Waals surface area (Å²) in [4.78, 5) is 113. The van der Waals surface area contributed by atoms with Crippen molar-refractivity contribution in [3.8, 4) is 0 Å². The zero-order chi connectivity index (χ0) is 55.3. The van der Waals surface area contributed by atoms with Gasteiger partial charge in [-0.05, 0) is 60.4 Å². The second-order valence-corrected chi connectivity index (χ2v) is 20.0. The van der Waals surface area contributed by atoms with Gasteiger partial charge in [0.05, 0.1) is 17.6 Å². The van der Waals surface area contributed by atoms with E-state index in [2.05, 4.69) is 5.32 Å². The second kappa shape index (κ2) is 22.6. The maximum atomic E-state index is 16.0. The Hall–Kier alpha value is -7.74. The van der Waals surface area contributed by atoms with Crippen LogP contribution in [0.15, 0.2) is 132 Å². The number of benzene rings is 4. The molecule has 0 aliphatic heterocycles. The van der Waals surface area contributed by atoms with Gasteiger partial charge in [0.1, 0.15) is 48.3 Å². The van der Waals surface area contributed by atoms with Gasteiger partial charge in [-0.25, -0.2) is 14.4 Å². The van der Waals surface area contributed by atoms with Gasteiger partial charge in [0.2, 0.25) is 6.10 Å². The van der Waals surface area contributed by atoms with Crippen molar-refractivity contribution in [3.05, 3.63) is 155 Å². The molecule has 0 unspecified atom stereocenters. The average molecular weight is 1050 g/mol. The van der Waals surface area contributed by atoms with Gasteiger partial charge in [0.25, 0.3) is 5.91 Å². The molecule has 7 rings (SSSR count). The predicted octanol–water partition coefficient (Wildman–Crippen LogP) is 5.62. The minimum Gasteiger partial charge on any atom is -0.461 e. The van der Waals surface area contributed by atoms with Gasteiger partial charge in [-0.15, -0.1) is 0 Å². The normalized spacial score (nSPS) is 27.3. The summed E-state index contributed by atoms with van der Waals surface area (Å²) in [6, 6.07) is 30.4. The molecule has 0 spiro atoms. The maximum Gasteiger partial charge on any atom is 0.509 e. The van der Waals surface area contributed by atoms with Gasteiger partial charge in [0, 0.05) is 50.5 Å². The first-order chi connectivity index (χ1) is 36.0. The van der Waals surface area contributed by atoms with Crippen LogP contribution in [0.3, 0.4) is 0 Å². The summed E-state index contributed by atoms with van der Waals surface area (Å²) < 4.78 is 41.4. The summed E-state index contributed by atoms with van der Waals surface area (Å²) in [6.45, 7) is 6.96. The lowest BCUT2D eigenvalue weighted by atomic mass is 9.45. The third-order valence-electron chi connectivity index (χ3n) is 14.9. The number of carbonyl (C=O) groups is 8. The van der Waals surface area contributed by atoms with Crippen molar-refractivity contribution in [2.75, 3.05) is 6.61 Å². The van der Waals surface area contributed by atoms with Gasteiger partial charge in [0.15, 0.2) is 11.9 Å². The molecular formula is C57H61NO18. The van der Waals surface area contributed by atoms with E-state index in [1.807, 2.05) is 0 Å². The monoisotopic (exact) mass is 1050 g/mol. The fraction of sp³-hybridized carbons (Fsp3) is 0.404. The maximum absolute atomic E-state index is 16.0. The molecule has 0 radical (unpaired) electrons. The molecule has 0 aromatic heterocycles. The molecule has 3 aliphatic carbocycles. The van der Waals surface area contributed by atoms with Crippen molar-refractivity contribution in [2.24, 2.45) is 16.7 Å². The Balaban J connectivity index is 1.44. The van der Waals surface area contributed by atoms with Crippen molar-refractivity contribution in [1.29, 1.82) is 0 Å². The number of carbonyl (C=O) groups excluding carboxylic acids is 8. The van der Waals surface area contributed by atoms with E-state index in [0.29, 0.717) is 5.56 Å². The first-order valence-electron chi connectivity index (χ1n) is 24.5. The Labute approximate surface area is 438 Å². The average Bonchev–Trinajstić information content (AvgIpc) is 3.47. The number of nitrogens with one attached hydrogen (secondary N) is 1. The zero-order valence-corrected chi connectivity index (χ0v) is 43.0. The number of Topliss-reactive ketones (excluding diaryl/α,β-unsaturated/α-hetero) is 1. The van der Waals surface area contributed by atoms with Crippen LogP contribution in [0.5, 0.6) is 0 Å². The summed E-state index contributed by atoms with van der Waals surface area (Å²) in [5.74, 6) is -9.32. The molecule has 1 amide bonds. The van der Waals surface area contributed by atoms with E-state index in [1.165, 1.54) is 64.1 Å². The van der Waals surface area contributed by atoms with Crippen LogP contribution in [0.4, 0.5) is 4.79 Å². The van der Waals surface area contributed by atoms with E-state index in [0.717, 1.165) is 20.8 Å². The van der Waals surface area contributed by atoms with Crippen LogP contribution in [0.2, 0.25) is 0 Å². The highest BCUT2D eigenvalue weighted by Crippen LogP contribution is 2.63. The molecule has 2 fully saturated rings. The molecule has 0 saturated heterocycles. The van der Waals surface area contributed by atoms with Crippen LogP contribution in [0, 0.1) is 16.7 Å². The SMILES string of the molecule is CC(=O)O[C@H]1C(=O)[C@]2(C)[C@@H](OC(C)=O)C[C@H](OC(C)=O)[C@@](O)(CO)[C@H]2[C@H](OC(=O)c2ccccc2)[C@]2(O)C[C@H](OC(=O)[C@H](OC(=O)OCc3ccccc3)[C@@H](NC(=O)c3ccccc3)c3ccccc3)C(C)=C1C2(C)C. The summed E-state index contributed by atoms with van der Waals surface area (Å²) in [7, 11) is 0. The number of esters is 5. The molecule has 4 N–H and O–H groups in total. The van der Waals surface area contributed by atoms with E-state index in [9.17, 15) is 44.1 Å². The van der Waals surface area contributed by atoms with Gasteiger partial charge >= 0.3 is 36.0 Å². The third kappa shape index (κ3) is 11.0. The number of amides is 1. The van der Waals surface area contributed by atoms with Crippen LogP contribution in [-0.4, -0.2) is 117 Å². The number of aliphatic hydroxyl groups excluding tert-OH is 1. The van der Waals surface area contributed by atoms with Gasteiger partial charge in [-0.3, -0.25) is 24.0 Å². The van der Waals surface area contributed by atoms with Crippen LogP contribution in [0.25, 0.3) is 0 Å². The zero-order valence-electron chi connectivity index (χ0n) is 43.0. The van der Waals surface area contributed by atoms with E-state index in [-0.39, 0.29) is 34.4 Å². The van der Waals surface area contributed by atoms with Crippen molar-refractivity contribution >= 4 is 47.7 Å². The van der Waals surface area contributed by atoms with E-state index in [1.54, 1.807) is 84.9 Å². The molecule has 2 saturated carbocycles. The highest BCUT2D eigenvalue weighted by atomic mass is 16.7. The number of hydrogen-bond acceptors (Lipinski definition) is 18. The fourth-order valence-electron chi connectivity index (χ4n) is 11.1. The van der Waals surface area contributed by atoms with Crippen LogP contribution < -0.4 is 5.32 Å². The third-order valence-corrected chi connectivity index (χ3v) is 14.9. The Morgan fingerprint density at radius 1 is 0.684 bits per heavy atom. The Morgan fingerprint density at radius 3 is 1.76 bits per heavy atom. The molecule has 76 heavy (non-hydrogen) atoms. The van der Waals surface area contributed by atoms with E-state index in [4.69, 9.17) is 33.2 Å². The molecule has 4 aromatic carbocycles. The second-order valence-electron chi connectivity index (χ2n) is 20.0. The molecule has 3 aliphatic rings. The molecule has 2 bridgehead atoms. The Bertz CT molecular complexity index is 2860. The first kappa shape index (κ1) is 56.0. The largest absolute Gasteiger partial charge is 0.509 e. The minimum atomic E-state index is -2.85. The van der Waals surface area contributed by atoms with Crippen molar-refractivity contribution in [1.82, 2.24) is 5.32 Å². The fourth-order valence-corrected chi connectivity index (χ4v) is 11.1. The molecule has 19 heteroatoms. The number of hydrogen-bond donors (Lipinski definition) is 4. The van der Waals surface area contributed by atoms with E-state index >= 15 is 9.59 Å². The van der Waals surface area contributed by atoms with Crippen molar-refractivity contribution < 1.29 is 86.8 Å². The molecule has 4 aromatic rings. The molecule has 19 nitrogen and oxygen atoms in total. The highest BCUT2D eigenvalue weighted by Gasteiger charge is 2.76. The van der Waals surface area contributed by atoms with Crippen molar-refractivity contribution in [3.63, 3.8) is 0 Å². The number of aliphatic hydroxyl groups is 3. The lowest BCUT2D eigenvalue weighted by molar-refractivity contribution is -0.289. The van der Waals surface area contributed by atoms with E-state index < -0.39 is 138 Å². The summed E-state index contributed by atoms with van der Waals surface area (Å²) in [5.41, 5.74) is -9.14. The number of ketones is 1. The highest BCUT2D eigenvalue weighted by molar-refractivity contribution is 5.96. The Kier molecular flexibility index (Phi) is 16.7. The van der Waals surface area contributed by atoms with Crippen molar-refractivity contribution in [2.45, 2.75) is 122 Å². The minimum absolute atomic E-state index is 0.0165. The molecule has 11 atom stereocenters. The molecule has 402 valence electrons. The smallest absolute Gasteiger partial charge is 0.461 e. The van der Waals surface area contributed by atoms with Crippen LogP contribution in [-0.2, 0) is 63.7 Å². The number of fused-ring (bicyclic) bond motifs is 3. The standard InChI is InChI=1S/C57H61NO18/c1-32-40(74-52(66)46(75-53(67)70-30-36-20-12-8-13-21-36)44(37-22-14-9-15-23-37)58-50(64)38-24-16-10-17-25-38)29-57(69)49(76-51(65)39-26-18-11-19-27-39)47-55(7,48(63)45(73-35(4)62)43(32)54(57,5)6)41(71-33(2)60)28-42(72-34(3)61)56(47,68)31-59/h8-27,40-42,44-47,49,59,68-69H,28-31H2,1-7H3,(H,58,64)/t40-,41-,42-,44-,45+,46+,47-,49-,55+,56-,57+/m0/s1. The van der Waals surface area contributed by atoms with Gasteiger partial charge in [-0.2, -0.15) is 0 Å². The van der Waals surface area contributed by atoms with Crippen LogP contribution >= 0.6 is 0 Å². The number of ether oxygens (including phenoxy) is 7. The van der Waals surface area contributed by atoms with Crippen LogP contribution in [0.1, 0.15) is 99.2 Å². The lowest BCUT2D eigenvalue weighted by Crippen LogP contribution is -2.78. The predicted molar refractivity (Wildman–Crippen MR) is 266 cm³/mol. The molecular weight excluding hydrogens is 987 g/mol. The summed E-state index contributed by atoms with van der Waals surface area (Å²) in [5, 5.41) is 41.3. The number of rotatable bonds is 15. The van der Waals surface area contributed by atoms with Gasteiger partial charge < -0.3 is 53.8 Å². The molecule has 0 heterocycles. The lowest BCUT2D eigenvalue weighted by Gasteiger charge is -2.64. The summed E-state index contributed by atoms with van der Waals surface area (Å²) >= 11 is 0. The first-order valence-corrected chi connectivity index (χ1v) is 24.5. The topological polar surface area (TPSA) is 274 Å². The van der Waals surface area contributed by atoms with Gasteiger partial charge in [-0.1, -0.05) is 111 Å². The Morgan fingerprint density at radius 2 is 1.21 bits per heavy atom. The summed E-state index contributed by atoms with van der Waals surface area (Å²) in [6.07, 6.45) is -14.4. The quantitative estimate of drug-likeness (QED) is 0.0639.